The second-order valence-electron chi connectivity index (χ2n) is 6.77. The van der Waals surface area contributed by atoms with Gasteiger partial charge in [0.25, 0.3) is 0 Å². The third-order valence-corrected chi connectivity index (χ3v) is 6.18. The van der Waals surface area contributed by atoms with E-state index in [4.69, 9.17) is 11.6 Å². The van der Waals surface area contributed by atoms with E-state index >= 15 is 0 Å². The van der Waals surface area contributed by atoms with Crippen molar-refractivity contribution in [2.45, 2.75) is 57.7 Å². The van der Waals surface area contributed by atoms with Gasteiger partial charge in [0, 0.05) is 5.02 Å². The number of benzene rings is 1. The van der Waals surface area contributed by atoms with E-state index in [9.17, 15) is 4.21 Å². The van der Waals surface area contributed by atoms with E-state index in [2.05, 4.69) is 16.9 Å². The van der Waals surface area contributed by atoms with E-state index < -0.39 is 11.0 Å². The number of nitrogens with one attached hydrogen (secondary N) is 1. The summed E-state index contributed by atoms with van der Waals surface area (Å²) in [6.07, 6.45) is 3.71. The molecule has 1 aromatic rings. The van der Waals surface area contributed by atoms with Crippen LogP contribution in [0.25, 0.3) is 0 Å². The summed E-state index contributed by atoms with van der Waals surface area (Å²) in [7, 11) is -1.44. The van der Waals surface area contributed by atoms with Crippen LogP contribution in [0.5, 0.6) is 0 Å². The van der Waals surface area contributed by atoms with Crippen LogP contribution in [0.3, 0.4) is 0 Å². The predicted molar refractivity (Wildman–Crippen MR) is 88.6 cm³/mol. The minimum atomic E-state index is -1.44. The van der Waals surface area contributed by atoms with Gasteiger partial charge in [-0.05, 0) is 63.6 Å². The Labute approximate surface area is 129 Å². The minimum Gasteiger partial charge on any atom is -0.131 e. The van der Waals surface area contributed by atoms with Crippen molar-refractivity contribution in [3.8, 4) is 0 Å². The van der Waals surface area contributed by atoms with Crippen LogP contribution in [0.1, 0.15) is 57.2 Å². The number of hydrogen-bond donors (Lipinski definition) is 1. The zero-order valence-electron chi connectivity index (χ0n) is 12.7. The highest BCUT2D eigenvalue weighted by molar-refractivity contribution is 7.84. The Balaban J connectivity index is 2.23. The van der Waals surface area contributed by atoms with Gasteiger partial charge in [0.15, 0.2) is 0 Å². The summed E-state index contributed by atoms with van der Waals surface area (Å²) >= 11 is 6.11. The molecular formula is C16H25ClNOS+. The summed E-state index contributed by atoms with van der Waals surface area (Å²) in [5.74, 6) is 0.594. The molecule has 0 aliphatic heterocycles. The van der Waals surface area contributed by atoms with Crippen molar-refractivity contribution in [2.75, 3.05) is 0 Å². The number of thiol groups is 1. The maximum absolute atomic E-state index is 12.5. The minimum absolute atomic E-state index is 0.183. The molecule has 1 aromatic carbocycles. The highest BCUT2D eigenvalue weighted by Gasteiger charge is 2.35. The molecule has 2 rings (SSSR count). The largest absolute Gasteiger partial charge is 0.147 e. The van der Waals surface area contributed by atoms with Crippen molar-refractivity contribution < 1.29 is 4.21 Å². The molecular weight excluding hydrogens is 290 g/mol. The molecule has 0 bridgehead atoms. The molecule has 1 unspecified atom stereocenters. The first-order chi connectivity index (χ1) is 9.29. The fourth-order valence-corrected chi connectivity index (χ4v) is 3.52. The van der Waals surface area contributed by atoms with Gasteiger partial charge in [0.05, 0.1) is 6.04 Å². The van der Waals surface area contributed by atoms with Gasteiger partial charge >= 0.3 is 0 Å². The lowest BCUT2D eigenvalue weighted by Gasteiger charge is -2.33. The van der Waals surface area contributed by atoms with Crippen LogP contribution in [-0.2, 0) is 15.2 Å². The number of halogens is 1. The third kappa shape index (κ3) is 3.63. The van der Waals surface area contributed by atoms with Crippen molar-refractivity contribution in [2.24, 2.45) is 5.92 Å². The Kier molecular flexibility index (Phi) is 4.93. The summed E-state index contributed by atoms with van der Waals surface area (Å²) in [6, 6.07) is 6.33. The van der Waals surface area contributed by atoms with Crippen LogP contribution in [0.2, 0.25) is 5.02 Å². The van der Waals surface area contributed by atoms with Gasteiger partial charge in [-0.25, -0.2) is 0 Å². The van der Waals surface area contributed by atoms with Crippen LogP contribution >= 0.6 is 11.6 Å². The normalized spacial score (nSPS) is 19.4. The summed E-state index contributed by atoms with van der Waals surface area (Å²) < 4.78 is 15.6. The molecule has 1 N–H and O–H groups in total. The van der Waals surface area contributed by atoms with Crippen LogP contribution in [0.4, 0.5) is 0 Å². The van der Waals surface area contributed by atoms with Gasteiger partial charge in [-0.3, -0.25) is 0 Å². The lowest BCUT2D eigenvalue weighted by Crippen LogP contribution is -2.39. The third-order valence-electron chi connectivity index (χ3n) is 4.03. The topological polar surface area (TPSA) is 29.1 Å². The summed E-state index contributed by atoms with van der Waals surface area (Å²) in [5.41, 5.74) is 2.30. The van der Waals surface area contributed by atoms with Crippen LogP contribution in [0.15, 0.2) is 18.2 Å². The molecule has 2 atom stereocenters. The van der Waals surface area contributed by atoms with Crippen molar-refractivity contribution in [3.63, 3.8) is 0 Å². The molecule has 1 aliphatic carbocycles. The SMILES string of the molecule is Cc1cc([C@H](N[SH+](=O)C(C)(C)C)C2CCC2)ccc1Cl. The van der Waals surface area contributed by atoms with E-state index in [0.717, 1.165) is 10.6 Å². The lowest BCUT2D eigenvalue weighted by atomic mass is 9.77. The number of rotatable bonds is 4. The summed E-state index contributed by atoms with van der Waals surface area (Å²) in [4.78, 5) is 0. The Morgan fingerprint density at radius 1 is 1.35 bits per heavy atom. The molecule has 0 aromatic heterocycles. The average Bonchev–Trinajstić information content (AvgIpc) is 2.28. The monoisotopic (exact) mass is 314 g/mol. The molecule has 4 heteroatoms. The highest BCUT2D eigenvalue weighted by Crippen LogP contribution is 2.39. The van der Waals surface area contributed by atoms with E-state index in [0.29, 0.717) is 5.92 Å². The van der Waals surface area contributed by atoms with Crippen molar-refractivity contribution in [1.29, 1.82) is 0 Å². The average molecular weight is 315 g/mol. The van der Waals surface area contributed by atoms with E-state index in [1.54, 1.807) is 0 Å². The van der Waals surface area contributed by atoms with Crippen molar-refractivity contribution >= 4 is 22.6 Å². The summed E-state index contributed by atoms with van der Waals surface area (Å²) in [6.45, 7) is 8.07. The smallest absolute Gasteiger partial charge is 0.131 e. The molecule has 0 heterocycles. The van der Waals surface area contributed by atoms with Gasteiger partial charge in [0.1, 0.15) is 15.7 Å². The van der Waals surface area contributed by atoms with E-state index in [-0.39, 0.29) is 10.8 Å². The molecule has 1 aliphatic rings. The van der Waals surface area contributed by atoms with Gasteiger partial charge in [-0.2, -0.15) is 0 Å². The zero-order valence-corrected chi connectivity index (χ0v) is 14.4. The molecule has 0 amide bonds. The quantitative estimate of drug-likeness (QED) is 0.644. The van der Waals surface area contributed by atoms with Gasteiger partial charge in [0.2, 0.25) is 0 Å². The Morgan fingerprint density at radius 3 is 2.45 bits per heavy atom. The van der Waals surface area contributed by atoms with Crippen LogP contribution in [0, 0.1) is 12.8 Å². The maximum atomic E-state index is 12.5. The first kappa shape index (κ1) is 16.0. The molecule has 2 nitrogen and oxygen atoms in total. The van der Waals surface area contributed by atoms with E-state index in [1.165, 1.54) is 24.8 Å². The second kappa shape index (κ2) is 6.17. The van der Waals surface area contributed by atoms with Crippen LogP contribution < -0.4 is 4.72 Å². The lowest BCUT2D eigenvalue weighted by molar-refractivity contribution is 0.252. The summed E-state index contributed by atoms with van der Waals surface area (Å²) in [5, 5.41) is 0.793. The second-order valence-corrected chi connectivity index (χ2v) is 9.37. The fourth-order valence-electron chi connectivity index (χ4n) is 2.41. The molecule has 112 valence electrons. The number of hydrogen-bond acceptors (Lipinski definition) is 1. The molecule has 1 saturated carbocycles. The Bertz CT molecular complexity index is 506. The van der Waals surface area contributed by atoms with Crippen molar-refractivity contribution in [1.82, 2.24) is 4.72 Å². The van der Waals surface area contributed by atoms with Crippen molar-refractivity contribution in [3.05, 3.63) is 34.3 Å². The number of aryl methyl sites for hydroxylation is 1. The van der Waals surface area contributed by atoms with Gasteiger partial charge in [-0.15, -0.1) is 4.72 Å². The molecule has 0 radical (unpaired) electrons. The molecule has 20 heavy (non-hydrogen) atoms. The molecule has 1 fully saturated rings. The van der Waals surface area contributed by atoms with Crippen LogP contribution in [-0.4, -0.2) is 4.75 Å². The highest BCUT2D eigenvalue weighted by atomic mass is 35.5. The molecule has 0 saturated heterocycles. The maximum Gasteiger partial charge on any atom is 0.147 e. The van der Waals surface area contributed by atoms with E-state index in [1.807, 2.05) is 33.8 Å². The zero-order chi connectivity index (χ0) is 14.9. The molecule has 0 spiro atoms. The predicted octanol–water partition coefficient (Wildman–Crippen LogP) is 4.49. The Morgan fingerprint density at radius 2 is 2.00 bits per heavy atom. The first-order valence-electron chi connectivity index (χ1n) is 7.28. The van der Waals surface area contributed by atoms with Gasteiger partial charge < -0.3 is 0 Å². The first-order valence-corrected chi connectivity index (χ1v) is 8.92. The fraction of sp³-hybridized carbons (Fsp3) is 0.625. The Hall–Kier alpha value is -0.380. The van der Waals surface area contributed by atoms with Gasteiger partial charge in [-0.1, -0.05) is 34.4 Å². The standard InChI is InChI=1S/C16H24ClNOS/c1-11-10-13(8-9-14(11)17)15(12-6-5-7-12)18-20(19)16(2,3)4/h8-10,12,15H,5-7H2,1-4H3,(H,18,19)/p+1/t15-,20?/m1/s1.